The van der Waals surface area contributed by atoms with Gasteiger partial charge in [0.15, 0.2) is 6.61 Å². The number of amides is 1. The summed E-state index contributed by atoms with van der Waals surface area (Å²) in [6.07, 6.45) is 0. The zero-order valence-corrected chi connectivity index (χ0v) is 16.0. The lowest BCUT2D eigenvalue weighted by Crippen LogP contribution is -2.21. The van der Waals surface area contributed by atoms with Crippen LogP contribution in [0.5, 0.6) is 0 Å². The van der Waals surface area contributed by atoms with Gasteiger partial charge in [-0.05, 0) is 35.0 Å². The molecule has 0 aliphatic heterocycles. The van der Waals surface area contributed by atoms with Gasteiger partial charge in [0.05, 0.1) is 26.3 Å². The van der Waals surface area contributed by atoms with E-state index in [1.165, 1.54) is 12.1 Å². The second kappa shape index (κ2) is 8.05. The van der Waals surface area contributed by atoms with Crippen LogP contribution in [0.15, 0.2) is 48.5 Å². The van der Waals surface area contributed by atoms with Gasteiger partial charge >= 0.3 is 5.97 Å². The number of rotatable bonds is 4. The molecule has 0 radical (unpaired) electrons. The van der Waals surface area contributed by atoms with Crippen LogP contribution in [0.2, 0.25) is 15.1 Å². The van der Waals surface area contributed by atoms with Crippen LogP contribution in [0.25, 0.3) is 10.8 Å². The first-order valence-corrected chi connectivity index (χ1v) is 8.88. The average molecular weight is 424 g/mol. The van der Waals surface area contributed by atoms with Crippen LogP contribution in [-0.4, -0.2) is 18.5 Å². The molecule has 0 atom stereocenters. The molecule has 138 valence electrons. The maximum Gasteiger partial charge on any atom is 0.340 e. The summed E-state index contributed by atoms with van der Waals surface area (Å²) in [6, 6.07) is 13.6. The summed E-state index contributed by atoms with van der Waals surface area (Å²) in [6.45, 7) is -0.512. The molecule has 27 heavy (non-hydrogen) atoms. The predicted octanol–water partition coefficient (Wildman–Crippen LogP) is 5.18. The van der Waals surface area contributed by atoms with Gasteiger partial charge in [-0.1, -0.05) is 59.1 Å². The number of nitrogen functional groups attached to an aromatic ring is 1. The Morgan fingerprint density at radius 3 is 2.26 bits per heavy atom. The zero-order valence-electron chi connectivity index (χ0n) is 13.8. The molecule has 1 amide bonds. The van der Waals surface area contributed by atoms with Crippen LogP contribution in [0, 0.1) is 0 Å². The molecular formula is C19H13Cl3N2O3. The molecule has 0 saturated heterocycles. The van der Waals surface area contributed by atoms with Gasteiger partial charge < -0.3 is 15.8 Å². The molecule has 3 aromatic rings. The van der Waals surface area contributed by atoms with Gasteiger partial charge in [0.25, 0.3) is 5.91 Å². The van der Waals surface area contributed by atoms with E-state index in [0.29, 0.717) is 0 Å². The van der Waals surface area contributed by atoms with Crippen LogP contribution in [0.1, 0.15) is 10.4 Å². The topological polar surface area (TPSA) is 81.4 Å². The Kier molecular flexibility index (Phi) is 5.75. The molecule has 0 aliphatic carbocycles. The Labute approximate surface area is 170 Å². The van der Waals surface area contributed by atoms with Gasteiger partial charge in [0.1, 0.15) is 0 Å². The Morgan fingerprint density at radius 2 is 1.56 bits per heavy atom. The number of carbonyl (C=O) groups excluding carboxylic acids is 2. The van der Waals surface area contributed by atoms with E-state index in [2.05, 4.69) is 5.32 Å². The zero-order chi connectivity index (χ0) is 19.6. The van der Waals surface area contributed by atoms with Crippen LogP contribution >= 0.6 is 34.8 Å². The molecule has 0 spiro atoms. The molecule has 8 heteroatoms. The summed E-state index contributed by atoms with van der Waals surface area (Å²) < 4.78 is 5.05. The molecule has 0 unspecified atom stereocenters. The Hall–Kier alpha value is -2.47. The molecule has 0 aromatic heterocycles. The molecule has 3 aromatic carbocycles. The number of carbonyl (C=O) groups is 2. The van der Waals surface area contributed by atoms with Crippen LogP contribution in [0.3, 0.4) is 0 Å². The van der Waals surface area contributed by atoms with Crippen molar-refractivity contribution in [2.75, 3.05) is 17.7 Å². The van der Waals surface area contributed by atoms with E-state index in [1.54, 1.807) is 12.1 Å². The standard InChI is InChI=1S/C19H13Cl3N2O3/c20-13-7-15(22)17(8-14(13)21)24-18(25)9-27-19(26)12-5-10-3-1-2-4-11(10)6-16(12)23/h1-8H,9,23H2,(H,24,25). The van der Waals surface area contributed by atoms with E-state index in [9.17, 15) is 9.59 Å². The second-order valence-electron chi connectivity index (χ2n) is 5.66. The molecule has 0 saturated carbocycles. The third-order valence-corrected chi connectivity index (χ3v) is 4.79. The second-order valence-corrected chi connectivity index (χ2v) is 6.88. The smallest absolute Gasteiger partial charge is 0.340 e. The highest BCUT2D eigenvalue weighted by Crippen LogP contribution is 2.32. The SMILES string of the molecule is Nc1cc2ccccc2cc1C(=O)OCC(=O)Nc1cc(Cl)c(Cl)cc1Cl. The third-order valence-electron chi connectivity index (χ3n) is 3.76. The Bertz CT molecular complexity index is 1050. The summed E-state index contributed by atoms with van der Waals surface area (Å²) in [5, 5.41) is 4.95. The van der Waals surface area contributed by atoms with Crippen molar-refractivity contribution in [1.82, 2.24) is 0 Å². The highest BCUT2D eigenvalue weighted by atomic mass is 35.5. The van der Waals surface area contributed by atoms with Crippen molar-refractivity contribution in [1.29, 1.82) is 0 Å². The molecule has 0 aliphatic rings. The number of hydrogen-bond donors (Lipinski definition) is 2. The minimum atomic E-state index is -0.700. The fourth-order valence-electron chi connectivity index (χ4n) is 2.45. The number of benzene rings is 3. The first-order chi connectivity index (χ1) is 12.8. The summed E-state index contributed by atoms with van der Waals surface area (Å²) in [4.78, 5) is 24.3. The number of halogens is 3. The molecule has 0 fully saturated rings. The summed E-state index contributed by atoms with van der Waals surface area (Å²) in [7, 11) is 0. The number of hydrogen-bond acceptors (Lipinski definition) is 4. The van der Waals surface area contributed by atoms with Crippen molar-refractivity contribution >= 4 is 68.8 Å². The first kappa shape index (κ1) is 19.3. The van der Waals surface area contributed by atoms with E-state index in [-0.39, 0.29) is 32.0 Å². The Balaban J connectivity index is 1.68. The van der Waals surface area contributed by atoms with Crippen molar-refractivity contribution < 1.29 is 14.3 Å². The van der Waals surface area contributed by atoms with Gasteiger partial charge in [-0.25, -0.2) is 4.79 Å². The van der Waals surface area contributed by atoms with E-state index in [4.69, 9.17) is 45.3 Å². The molecule has 0 heterocycles. The minimum absolute atomic E-state index is 0.189. The van der Waals surface area contributed by atoms with Crippen LogP contribution in [-0.2, 0) is 9.53 Å². The highest BCUT2D eigenvalue weighted by Gasteiger charge is 2.15. The van der Waals surface area contributed by atoms with Crippen molar-refractivity contribution in [2.45, 2.75) is 0 Å². The van der Waals surface area contributed by atoms with Gasteiger partial charge in [0.2, 0.25) is 0 Å². The minimum Gasteiger partial charge on any atom is -0.452 e. The fraction of sp³-hybridized carbons (Fsp3) is 0.0526. The summed E-state index contributed by atoms with van der Waals surface area (Å²) in [5.74, 6) is -1.28. The summed E-state index contributed by atoms with van der Waals surface area (Å²) >= 11 is 17.7. The highest BCUT2D eigenvalue weighted by molar-refractivity contribution is 6.44. The molecule has 3 rings (SSSR count). The number of fused-ring (bicyclic) bond motifs is 1. The van der Waals surface area contributed by atoms with E-state index in [0.717, 1.165) is 10.8 Å². The van der Waals surface area contributed by atoms with Gasteiger partial charge in [-0.3, -0.25) is 4.79 Å². The van der Waals surface area contributed by atoms with Crippen molar-refractivity contribution in [3.63, 3.8) is 0 Å². The van der Waals surface area contributed by atoms with Crippen molar-refractivity contribution in [3.05, 3.63) is 69.2 Å². The van der Waals surface area contributed by atoms with Gasteiger partial charge in [-0.2, -0.15) is 0 Å². The van der Waals surface area contributed by atoms with Crippen LogP contribution in [0.4, 0.5) is 11.4 Å². The Morgan fingerprint density at radius 1 is 0.926 bits per heavy atom. The van der Waals surface area contributed by atoms with Gasteiger partial charge in [0, 0.05) is 5.69 Å². The lowest BCUT2D eigenvalue weighted by atomic mass is 10.1. The first-order valence-electron chi connectivity index (χ1n) is 7.75. The van der Waals surface area contributed by atoms with Gasteiger partial charge in [-0.15, -0.1) is 0 Å². The van der Waals surface area contributed by atoms with Crippen LogP contribution < -0.4 is 11.1 Å². The number of ether oxygens (including phenoxy) is 1. The van der Waals surface area contributed by atoms with Crippen molar-refractivity contribution in [3.8, 4) is 0 Å². The third kappa shape index (κ3) is 4.45. The van der Waals surface area contributed by atoms with E-state index in [1.807, 2.05) is 24.3 Å². The molecule has 0 bridgehead atoms. The van der Waals surface area contributed by atoms with E-state index < -0.39 is 18.5 Å². The molecule has 3 N–H and O–H groups in total. The molecule has 5 nitrogen and oxygen atoms in total. The number of anilines is 2. The average Bonchev–Trinajstić information content (AvgIpc) is 2.63. The lowest BCUT2D eigenvalue weighted by molar-refractivity contribution is -0.119. The predicted molar refractivity (Wildman–Crippen MR) is 109 cm³/mol. The van der Waals surface area contributed by atoms with E-state index >= 15 is 0 Å². The molecular weight excluding hydrogens is 411 g/mol. The maximum absolute atomic E-state index is 12.3. The number of esters is 1. The maximum atomic E-state index is 12.3. The lowest BCUT2D eigenvalue weighted by Gasteiger charge is -2.10. The normalized spacial score (nSPS) is 10.6. The van der Waals surface area contributed by atoms with Crippen molar-refractivity contribution in [2.24, 2.45) is 0 Å². The monoisotopic (exact) mass is 422 g/mol. The number of nitrogens with two attached hydrogens (primary N) is 1. The summed E-state index contributed by atoms with van der Waals surface area (Å²) in [5.41, 5.74) is 6.64. The number of nitrogens with one attached hydrogen (secondary N) is 1. The fourth-order valence-corrected chi connectivity index (χ4v) is 3.04. The quantitative estimate of drug-likeness (QED) is 0.344. The largest absolute Gasteiger partial charge is 0.452 e.